The van der Waals surface area contributed by atoms with E-state index in [9.17, 15) is 4.79 Å². The van der Waals surface area contributed by atoms with Gasteiger partial charge in [0.2, 0.25) is 0 Å². The van der Waals surface area contributed by atoms with Gasteiger partial charge in [-0.25, -0.2) is 14.8 Å². The van der Waals surface area contributed by atoms with Gasteiger partial charge >= 0.3 is 5.97 Å². The van der Waals surface area contributed by atoms with Crippen LogP contribution in [0.5, 0.6) is 0 Å². The molecule has 122 valence electrons. The zero-order valence-corrected chi connectivity index (χ0v) is 13.1. The minimum atomic E-state index is -0.595. The molecule has 3 heterocycles. The van der Waals surface area contributed by atoms with Gasteiger partial charge in [0.1, 0.15) is 5.69 Å². The molecule has 0 aliphatic carbocycles. The summed E-state index contributed by atoms with van der Waals surface area (Å²) in [5.41, 5.74) is 7.33. The first kappa shape index (κ1) is 15.3. The van der Waals surface area contributed by atoms with Gasteiger partial charge in [0.15, 0.2) is 17.3 Å². The van der Waals surface area contributed by atoms with Gasteiger partial charge in [-0.05, 0) is 18.9 Å². The number of nitrogens with two attached hydrogens (primary N) is 1. The van der Waals surface area contributed by atoms with E-state index in [1.54, 1.807) is 18.6 Å². The third-order valence-corrected chi connectivity index (χ3v) is 3.98. The highest BCUT2D eigenvalue weighted by atomic mass is 16.5. The minimum Gasteiger partial charge on any atom is -0.472 e. The fourth-order valence-electron chi connectivity index (χ4n) is 2.78. The molecule has 3 rings (SSSR count). The lowest BCUT2D eigenvalue weighted by Crippen LogP contribution is -2.27. The summed E-state index contributed by atoms with van der Waals surface area (Å²) >= 11 is 0. The molecular weight excluding hydrogens is 296 g/mol. The van der Waals surface area contributed by atoms with Crippen LogP contribution in [-0.4, -0.2) is 36.1 Å². The molecule has 0 unspecified atom stereocenters. The summed E-state index contributed by atoms with van der Waals surface area (Å²) < 4.78 is 9.90. The molecule has 7 nitrogen and oxygen atoms in total. The third kappa shape index (κ3) is 3.13. The molecule has 2 N–H and O–H groups in total. The molecule has 2 aromatic rings. The fraction of sp³-hybridized carbons (Fsp3) is 0.438. The Kier molecular flexibility index (Phi) is 4.45. The molecule has 1 fully saturated rings. The Morgan fingerprint density at radius 2 is 2.00 bits per heavy atom. The molecule has 0 aromatic carbocycles. The van der Waals surface area contributed by atoms with Gasteiger partial charge in [-0.3, -0.25) is 0 Å². The number of nitrogens with zero attached hydrogens (tertiary/aromatic N) is 3. The topological polar surface area (TPSA) is 94.5 Å². The lowest BCUT2D eigenvalue weighted by Gasteiger charge is -2.24. The van der Waals surface area contributed by atoms with Crippen LogP contribution in [0.4, 0.5) is 11.6 Å². The highest BCUT2D eigenvalue weighted by molar-refractivity contribution is 5.93. The van der Waals surface area contributed by atoms with Crippen LogP contribution in [0.15, 0.2) is 23.0 Å². The number of hydrogen-bond acceptors (Lipinski definition) is 7. The number of methoxy groups -OCH3 is 1. The van der Waals surface area contributed by atoms with Crippen LogP contribution in [0.1, 0.15) is 36.2 Å². The number of hydrogen-bond donors (Lipinski definition) is 1. The highest BCUT2D eigenvalue weighted by Gasteiger charge is 2.23. The van der Waals surface area contributed by atoms with Crippen LogP contribution in [-0.2, 0) is 4.74 Å². The predicted molar refractivity (Wildman–Crippen MR) is 86.2 cm³/mol. The fourth-order valence-corrected chi connectivity index (χ4v) is 2.78. The smallest absolute Gasteiger partial charge is 0.360 e. The molecule has 7 heteroatoms. The van der Waals surface area contributed by atoms with E-state index in [0.29, 0.717) is 11.5 Å². The largest absolute Gasteiger partial charge is 0.472 e. The molecule has 0 bridgehead atoms. The van der Waals surface area contributed by atoms with Crippen molar-refractivity contribution < 1.29 is 13.9 Å². The highest BCUT2D eigenvalue weighted by Crippen LogP contribution is 2.31. The molecule has 0 atom stereocenters. The van der Waals surface area contributed by atoms with Crippen LogP contribution in [0.3, 0.4) is 0 Å². The Bertz CT molecular complexity index is 677. The van der Waals surface area contributed by atoms with E-state index in [0.717, 1.165) is 31.5 Å². The number of anilines is 2. The van der Waals surface area contributed by atoms with Crippen molar-refractivity contribution in [3.63, 3.8) is 0 Å². The molecule has 1 aliphatic rings. The van der Waals surface area contributed by atoms with Gasteiger partial charge in [0, 0.05) is 18.7 Å². The Morgan fingerprint density at radius 1 is 1.26 bits per heavy atom. The molecule has 0 saturated carbocycles. The third-order valence-electron chi connectivity index (χ3n) is 3.98. The molecule has 0 amide bonds. The Hall–Kier alpha value is -2.57. The standard InChI is InChI=1S/C16H20N4O3/c1-22-16(21)13-14(17)19-15(20-7-4-2-3-5-8-20)12(18-13)11-6-9-23-10-11/h6,9-10H,2-5,7-8H2,1H3,(H2,17,19). The monoisotopic (exact) mass is 316 g/mol. The summed E-state index contributed by atoms with van der Waals surface area (Å²) in [6.45, 7) is 1.80. The van der Waals surface area contributed by atoms with Gasteiger partial charge < -0.3 is 19.8 Å². The Morgan fingerprint density at radius 3 is 2.61 bits per heavy atom. The maximum absolute atomic E-state index is 11.9. The van der Waals surface area contributed by atoms with Crippen molar-refractivity contribution in [1.82, 2.24) is 9.97 Å². The van der Waals surface area contributed by atoms with E-state index in [-0.39, 0.29) is 11.5 Å². The average Bonchev–Trinajstić information content (AvgIpc) is 2.96. The van der Waals surface area contributed by atoms with Gasteiger partial charge in [-0.1, -0.05) is 12.8 Å². The minimum absolute atomic E-state index is 0.0299. The number of carbonyl (C=O) groups is 1. The zero-order valence-electron chi connectivity index (χ0n) is 13.1. The van der Waals surface area contributed by atoms with Crippen molar-refractivity contribution in [2.75, 3.05) is 30.8 Å². The first-order valence-electron chi connectivity index (χ1n) is 7.74. The second kappa shape index (κ2) is 6.68. The van der Waals surface area contributed by atoms with Gasteiger partial charge in [0.05, 0.1) is 19.6 Å². The summed E-state index contributed by atoms with van der Waals surface area (Å²) in [4.78, 5) is 22.9. The first-order valence-corrected chi connectivity index (χ1v) is 7.74. The zero-order chi connectivity index (χ0) is 16.2. The molecular formula is C16H20N4O3. The number of carbonyl (C=O) groups excluding carboxylic acids is 1. The summed E-state index contributed by atoms with van der Waals surface area (Å²) in [7, 11) is 1.30. The van der Waals surface area contributed by atoms with Crippen molar-refractivity contribution in [3.8, 4) is 11.3 Å². The second-order valence-electron chi connectivity index (χ2n) is 5.53. The molecule has 1 aliphatic heterocycles. The number of ether oxygens (including phenoxy) is 1. The molecule has 1 saturated heterocycles. The lowest BCUT2D eigenvalue weighted by molar-refractivity contribution is 0.0595. The van der Waals surface area contributed by atoms with Crippen LogP contribution < -0.4 is 10.6 Å². The number of esters is 1. The average molecular weight is 316 g/mol. The summed E-state index contributed by atoms with van der Waals surface area (Å²) in [5, 5.41) is 0. The molecule has 0 spiro atoms. The van der Waals surface area contributed by atoms with E-state index in [4.69, 9.17) is 14.9 Å². The van der Waals surface area contributed by atoms with Crippen molar-refractivity contribution in [1.29, 1.82) is 0 Å². The van der Waals surface area contributed by atoms with Crippen molar-refractivity contribution in [2.24, 2.45) is 0 Å². The lowest BCUT2D eigenvalue weighted by atomic mass is 10.2. The maximum atomic E-state index is 11.9. The second-order valence-corrected chi connectivity index (χ2v) is 5.53. The Labute approximate surface area is 134 Å². The van der Waals surface area contributed by atoms with Crippen molar-refractivity contribution in [2.45, 2.75) is 25.7 Å². The van der Waals surface area contributed by atoms with Gasteiger partial charge in [-0.15, -0.1) is 0 Å². The quantitative estimate of drug-likeness (QED) is 0.869. The van der Waals surface area contributed by atoms with Crippen LogP contribution >= 0.6 is 0 Å². The summed E-state index contributed by atoms with van der Waals surface area (Å²) in [5.74, 6) is 0.184. The van der Waals surface area contributed by atoms with E-state index in [1.807, 2.05) is 0 Å². The summed E-state index contributed by atoms with van der Waals surface area (Å²) in [6, 6.07) is 1.79. The predicted octanol–water partition coefficient (Wildman–Crippen LogP) is 2.49. The van der Waals surface area contributed by atoms with E-state index in [1.165, 1.54) is 20.0 Å². The number of furan rings is 1. The summed E-state index contributed by atoms with van der Waals surface area (Å²) in [6.07, 6.45) is 7.78. The van der Waals surface area contributed by atoms with Gasteiger partial charge in [0.25, 0.3) is 0 Å². The van der Waals surface area contributed by atoms with Crippen molar-refractivity contribution >= 4 is 17.6 Å². The van der Waals surface area contributed by atoms with Crippen LogP contribution in [0.25, 0.3) is 11.3 Å². The number of aromatic nitrogens is 2. The van der Waals surface area contributed by atoms with Crippen LogP contribution in [0.2, 0.25) is 0 Å². The van der Waals surface area contributed by atoms with E-state index < -0.39 is 5.97 Å². The molecule has 23 heavy (non-hydrogen) atoms. The molecule has 0 radical (unpaired) electrons. The SMILES string of the molecule is COC(=O)c1nc(-c2ccoc2)c(N2CCCCCC2)nc1N. The first-order chi connectivity index (χ1) is 11.2. The number of nitrogen functional groups attached to an aromatic ring is 1. The molecule has 2 aromatic heterocycles. The van der Waals surface area contributed by atoms with E-state index >= 15 is 0 Å². The van der Waals surface area contributed by atoms with E-state index in [2.05, 4.69) is 14.9 Å². The maximum Gasteiger partial charge on any atom is 0.360 e. The normalized spacial score (nSPS) is 15.3. The Balaban J connectivity index is 2.09. The van der Waals surface area contributed by atoms with Gasteiger partial charge in [-0.2, -0.15) is 0 Å². The van der Waals surface area contributed by atoms with Crippen molar-refractivity contribution in [3.05, 3.63) is 24.3 Å². The van der Waals surface area contributed by atoms with Crippen LogP contribution in [0, 0.1) is 0 Å². The number of rotatable bonds is 3.